The van der Waals surface area contributed by atoms with Crippen LogP contribution in [-0.2, 0) is 16.4 Å². The van der Waals surface area contributed by atoms with Crippen molar-refractivity contribution in [3.63, 3.8) is 0 Å². The number of Topliss-reactive ketones (excluding diaryl/α,β-unsaturated/α-hetero) is 1. The lowest BCUT2D eigenvalue weighted by Gasteiger charge is -2.00. The molecule has 106 valence electrons. The number of aryl methyl sites for hydroxylation is 1. The summed E-state index contributed by atoms with van der Waals surface area (Å²) >= 11 is 0. The minimum absolute atomic E-state index is 0.0803. The molecule has 4 nitrogen and oxygen atoms in total. The summed E-state index contributed by atoms with van der Waals surface area (Å²) in [6, 6.07) is 13.5. The van der Waals surface area contributed by atoms with Gasteiger partial charge in [-0.25, -0.2) is 0 Å². The standard InChI is InChI=1S/C16H13NO3S/c1-11-6-8-13(9-7-11)21(19,20)17-15-10-12-4-2-3-5-14(12)16(15)18/h2-9H,10H2,1H3. The number of sulfonamides is 1. The molecule has 0 unspecified atom stereocenters. The quantitative estimate of drug-likeness (QED) is 0.856. The number of nitrogens with zero attached hydrogens (tertiary/aromatic N) is 1. The summed E-state index contributed by atoms with van der Waals surface area (Å²) < 4.78 is 28.3. The summed E-state index contributed by atoms with van der Waals surface area (Å²) in [5.41, 5.74) is 2.40. The Bertz CT molecular complexity index is 849. The van der Waals surface area contributed by atoms with E-state index in [9.17, 15) is 13.2 Å². The summed E-state index contributed by atoms with van der Waals surface area (Å²) in [6.07, 6.45) is 0.264. The van der Waals surface area contributed by atoms with E-state index in [4.69, 9.17) is 0 Å². The van der Waals surface area contributed by atoms with E-state index in [1.54, 1.807) is 24.3 Å². The SMILES string of the molecule is Cc1ccc(S(=O)(=O)N=C2Cc3ccccc3C2=O)cc1. The molecule has 0 aliphatic heterocycles. The molecule has 0 heterocycles. The molecule has 0 spiro atoms. The third-order valence-electron chi connectivity index (χ3n) is 3.43. The van der Waals surface area contributed by atoms with Crippen molar-refractivity contribution < 1.29 is 13.2 Å². The van der Waals surface area contributed by atoms with Crippen molar-refractivity contribution in [2.75, 3.05) is 0 Å². The Kier molecular flexibility index (Phi) is 3.22. The summed E-state index contributed by atoms with van der Waals surface area (Å²) in [7, 11) is -3.84. The summed E-state index contributed by atoms with van der Waals surface area (Å²) in [5.74, 6) is -0.304. The van der Waals surface area contributed by atoms with Gasteiger partial charge in [0.1, 0.15) is 5.71 Å². The van der Waals surface area contributed by atoms with E-state index >= 15 is 0 Å². The Morgan fingerprint density at radius 1 is 1.00 bits per heavy atom. The highest BCUT2D eigenvalue weighted by Gasteiger charge is 2.28. The first-order valence-corrected chi connectivity index (χ1v) is 7.94. The lowest BCUT2D eigenvalue weighted by Crippen LogP contribution is -2.11. The lowest BCUT2D eigenvalue weighted by atomic mass is 10.1. The first-order valence-electron chi connectivity index (χ1n) is 6.50. The van der Waals surface area contributed by atoms with E-state index in [0.717, 1.165) is 11.1 Å². The highest BCUT2D eigenvalue weighted by atomic mass is 32.2. The van der Waals surface area contributed by atoms with Gasteiger partial charge >= 0.3 is 0 Å². The number of fused-ring (bicyclic) bond motifs is 1. The Hall–Kier alpha value is -2.27. The molecule has 1 aliphatic rings. The van der Waals surface area contributed by atoms with Crippen LogP contribution >= 0.6 is 0 Å². The van der Waals surface area contributed by atoms with Gasteiger partial charge in [0, 0.05) is 12.0 Å². The van der Waals surface area contributed by atoms with Gasteiger partial charge in [-0.3, -0.25) is 4.79 Å². The van der Waals surface area contributed by atoms with E-state index in [1.165, 1.54) is 12.1 Å². The molecule has 2 aromatic rings. The van der Waals surface area contributed by atoms with Crippen LogP contribution in [0.1, 0.15) is 21.5 Å². The molecule has 0 radical (unpaired) electrons. The van der Waals surface area contributed by atoms with Gasteiger partial charge in [0.05, 0.1) is 4.90 Å². The number of ketones is 1. The second-order valence-electron chi connectivity index (χ2n) is 4.99. The van der Waals surface area contributed by atoms with Crippen LogP contribution in [0.2, 0.25) is 0 Å². The second kappa shape index (κ2) is 4.93. The summed E-state index contributed by atoms with van der Waals surface area (Å²) in [5, 5.41) is 0. The number of hydrogen-bond donors (Lipinski definition) is 0. The number of benzene rings is 2. The maximum Gasteiger partial charge on any atom is 0.282 e. The average molecular weight is 299 g/mol. The van der Waals surface area contributed by atoms with E-state index in [-0.39, 0.29) is 22.8 Å². The fourth-order valence-electron chi connectivity index (χ4n) is 2.29. The van der Waals surface area contributed by atoms with Gasteiger partial charge in [0.2, 0.25) is 5.78 Å². The maximum absolute atomic E-state index is 12.3. The van der Waals surface area contributed by atoms with E-state index in [1.807, 2.05) is 19.1 Å². The zero-order valence-corrected chi connectivity index (χ0v) is 12.2. The number of carbonyl (C=O) groups excluding carboxylic acids is 1. The highest BCUT2D eigenvalue weighted by Crippen LogP contribution is 2.22. The minimum atomic E-state index is -3.84. The molecular weight excluding hydrogens is 286 g/mol. The molecule has 2 aromatic carbocycles. The normalized spacial score (nSPS) is 16.2. The molecule has 21 heavy (non-hydrogen) atoms. The molecule has 0 N–H and O–H groups in total. The molecule has 0 atom stereocenters. The van der Waals surface area contributed by atoms with Crippen molar-refractivity contribution in [2.45, 2.75) is 18.2 Å². The molecule has 0 saturated heterocycles. The molecule has 0 saturated carbocycles. The largest absolute Gasteiger partial charge is 0.287 e. The Balaban J connectivity index is 2.00. The van der Waals surface area contributed by atoms with Crippen molar-refractivity contribution >= 4 is 21.5 Å². The molecular formula is C16H13NO3S. The van der Waals surface area contributed by atoms with Crippen molar-refractivity contribution in [3.8, 4) is 0 Å². The summed E-state index contributed by atoms with van der Waals surface area (Å²) in [4.78, 5) is 12.3. The first-order chi connectivity index (χ1) is 9.97. The van der Waals surface area contributed by atoms with E-state index < -0.39 is 10.0 Å². The van der Waals surface area contributed by atoms with Gasteiger partial charge < -0.3 is 0 Å². The van der Waals surface area contributed by atoms with Gasteiger partial charge in [0.25, 0.3) is 10.0 Å². The first kappa shape index (κ1) is 13.7. The molecule has 1 aliphatic carbocycles. The predicted octanol–water partition coefficient (Wildman–Crippen LogP) is 2.56. The van der Waals surface area contributed by atoms with Crippen molar-refractivity contribution in [1.82, 2.24) is 0 Å². The van der Waals surface area contributed by atoms with Crippen LogP contribution in [0.5, 0.6) is 0 Å². The number of carbonyl (C=O) groups is 1. The van der Waals surface area contributed by atoms with Crippen LogP contribution in [-0.4, -0.2) is 19.9 Å². The van der Waals surface area contributed by atoms with Gasteiger partial charge in [-0.15, -0.1) is 0 Å². The van der Waals surface area contributed by atoms with Crippen LogP contribution in [0.3, 0.4) is 0 Å². The van der Waals surface area contributed by atoms with Crippen LogP contribution in [0.4, 0.5) is 0 Å². The van der Waals surface area contributed by atoms with E-state index in [2.05, 4.69) is 4.40 Å². The molecule has 3 rings (SSSR count). The summed E-state index contributed by atoms with van der Waals surface area (Å²) in [6.45, 7) is 1.87. The van der Waals surface area contributed by atoms with Crippen molar-refractivity contribution in [3.05, 3.63) is 65.2 Å². The van der Waals surface area contributed by atoms with Gasteiger partial charge in [0.15, 0.2) is 0 Å². The minimum Gasteiger partial charge on any atom is -0.287 e. The van der Waals surface area contributed by atoms with Crippen LogP contribution in [0.25, 0.3) is 0 Å². The Morgan fingerprint density at radius 3 is 2.33 bits per heavy atom. The zero-order chi connectivity index (χ0) is 15.0. The van der Waals surface area contributed by atoms with Crippen LogP contribution < -0.4 is 0 Å². The van der Waals surface area contributed by atoms with Crippen molar-refractivity contribution in [1.29, 1.82) is 0 Å². The smallest absolute Gasteiger partial charge is 0.282 e. The van der Waals surface area contributed by atoms with Gasteiger partial charge in [-0.1, -0.05) is 42.0 Å². The maximum atomic E-state index is 12.3. The third kappa shape index (κ3) is 2.52. The molecule has 0 aromatic heterocycles. The van der Waals surface area contributed by atoms with Gasteiger partial charge in [-0.2, -0.15) is 12.8 Å². The molecule has 0 fully saturated rings. The van der Waals surface area contributed by atoms with Crippen LogP contribution in [0.15, 0.2) is 57.8 Å². The second-order valence-corrected chi connectivity index (χ2v) is 6.59. The van der Waals surface area contributed by atoms with Crippen molar-refractivity contribution in [2.24, 2.45) is 4.40 Å². The number of rotatable bonds is 2. The topological polar surface area (TPSA) is 63.6 Å². The lowest BCUT2D eigenvalue weighted by molar-refractivity contribution is 0.106. The highest BCUT2D eigenvalue weighted by molar-refractivity contribution is 7.90. The Morgan fingerprint density at radius 2 is 1.67 bits per heavy atom. The van der Waals surface area contributed by atoms with Crippen LogP contribution in [0, 0.1) is 6.92 Å². The van der Waals surface area contributed by atoms with E-state index in [0.29, 0.717) is 5.56 Å². The Labute approximate surface area is 123 Å². The molecule has 0 bridgehead atoms. The van der Waals surface area contributed by atoms with Gasteiger partial charge in [-0.05, 0) is 24.6 Å². The third-order valence-corrected chi connectivity index (χ3v) is 4.76. The molecule has 0 amide bonds. The average Bonchev–Trinajstić information content (AvgIpc) is 2.76. The molecule has 5 heteroatoms. The predicted molar refractivity (Wildman–Crippen MR) is 80.3 cm³/mol. The fourth-order valence-corrected chi connectivity index (χ4v) is 3.32. The monoisotopic (exact) mass is 299 g/mol. The zero-order valence-electron chi connectivity index (χ0n) is 11.4. The fraction of sp³-hybridized carbons (Fsp3) is 0.125. The number of hydrogen-bond acceptors (Lipinski definition) is 3.